The maximum atomic E-state index is 12.3. The number of aromatic amines is 1. The summed E-state index contributed by atoms with van der Waals surface area (Å²) in [6.45, 7) is 3.16. The number of piperidine rings is 1. The molecule has 5 nitrogen and oxygen atoms in total. The Kier molecular flexibility index (Phi) is 4.02. The number of hydrogen-bond acceptors (Lipinski definition) is 3. The van der Waals surface area contributed by atoms with E-state index in [1.165, 1.54) is 5.56 Å². The molecular weight excluding hydrogens is 336 g/mol. The van der Waals surface area contributed by atoms with Crippen LogP contribution in [0.2, 0.25) is 0 Å². The van der Waals surface area contributed by atoms with Gasteiger partial charge in [-0.2, -0.15) is 5.10 Å². The lowest BCUT2D eigenvalue weighted by atomic mass is 9.93. The molecule has 2 aromatic carbocycles. The lowest BCUT2D eigenvalue weighted by Gasteiger charge is -2.31. The smallest absolute Gasteiger partial charge is 0.259 e. The van der Waals surface area contributed by atoms with Crippen molar-refractivity contribution in [3.8, 4) is 0 Å². The topological polar surface area (TPSA) is 53.4 Å². The molecule has 1 fully saturated rings. The zero-order chi connectivity index (χ0) is 18.2. The van der Waals surface area contributed by atoms with Crippen molar-refractivity contribution in [1.82, 2.24) is 19.5 Å². The van der Waals surface area contributed by atoms with Gasteiger partial charge < -0.3 is 4.98 Å². The quantitative estimate of drug-likeness (QED) is 0.609. The molecule has 0 aliphatic carbocycles. The van der Waals surface area contributed by atoms with Crippen LogP contribution in [0.4, 0.5) is 0 Å². The molecular formula is C22H22N4O. The average Bonchev–Trinajstić information content (AvgIpc) is 3.14. The monoisotopic (exact) mass is 358 g/mol. The minimum Gasteiger partial charge on any atom is -0.306 e. The molecule has 1 aliphatic heterocycles. The van der Waals surface area contributed by atoms with Crippen LogP contribution in [0.25, 0.3) is 16.6 Å². The second kappa shape index (κ2) is 6.67. The predicted molar refractivity (Wildman–Crippen MR) is 107 cm³/mol. The zero-order valence-electron chi connectivity index (χ0n) is 15.1. The molecule has 0 spiro atoms. The highest BCUT2D eigenvalue weighted by atomic mass is 16.1. The number of nitrogens with one attached hydrogen (secondary N) is 1. The molecule has 27 heavy (non-hydrogen) atoms. The van der Waals surface area contributed by atoms with E-state index >= 15 is 0 Å². The van der Waals surface area contributed by atoms with E-state index in [1.54, 1.807) is 0 Å². The Labute approximate surface area is 157 Å². The van der Waals surface area contributed by atoms with Gasteiger partial charge in [-0.3, -0.25) is 9.69 Å². The SMILES string of the molecule is O=c1[nH]c2cc(C3CCN(Cc4ccccc4)CC3)nn2c2ccccc12. The van der Waals surface area contributed by atoms with Gasteiger partial charge in [0.25, 0.3) is 5.56 Å². The summed E-state index contributed by atoms with van der Waals surface area (Å²) in [6.07, 6.45) is 2.19. The molecule has 1 saturated heterocycles. The van der Waals surface area contributed by atoms with Crippen LogP contribution in [0.3, 0.4) is 0 Å². The molecule has 0 unspecified atom stereocenters. The Morgan fingerprint density at radius 3 is 2.56 bits per heavy atom. The van der Waals surface area contributed by atoms with Crippen LogP contribution in [-0.4, -0.2) is 32.6 Å². The Bertz CT molecular complexity index is 1140. The first-order valence-electron chi connectivity index (χ1n) is 9.55. The van der Waals surface area contributed by atoms with E-state index in [9.17, 15) is 4.79 Å². The van der Waals surface area contributed by atoms with Crippen molar-refractivity contribution in [3.63, 3.8) is 0 Å². The Morgan fingerprint density at radius 2 is 1.74 bits per heavy atom. The molecule has 0 radical (unpaired) electrons. The molecule has 0 saturated carbocycles. The summed E-state index contributed by atoms with van der Waals surface area (Å²) in [5.74, 6) is 0.444. The highest BCUT2D eigenvalue weighted by Crippen LogP contribution is 2.28. The molecule has 1 aliphatic rings. The van der Waals surface area contributed by atoms with Gasteiger partial charge in [0.15, 0.2) is 0 Å². The van der Waals surface area contributed by atoms with E-state index in [-0.39, 0.29) is 5.56 Å². The molecule has 3 heterocycles. The first-order valence-corrected chi connectivity index (χ1v) is 9.55. The van der Waals surface area contributed by atoms with Crippen molar-refractivity contribution in [2.24, 2.45) is 0 Å². The van der Waals surface area contributed by atoms with Gasteiger partial charge in [-0.25, -0.2) is 4.52 Å². The molecule has 136 valence electrons. The number of nitrogens with zero attached hydrogens (tertiary/aromatic N) is 3. The van der Waals surface area contributed by atoms with Crippen LogP contribution in [-0.2, 0) is 6.54 Å². The molecule has 0 bridgehead atoms. The Hall–Kier alpha value is -2.92. The molecule has 1 N–H and O–H groups in total. The first kappa shape index (κ1) is 16.3. The number of aromatic nitrogens is 3. The van der Waals surface area contributed by atoms with Crippen LogP contribution in [0, 0.1) is 0 Å². The van der Waals surface area contributed by atoms with Gasteiger partial charge in [-0.15, -0.1) is 0 Å². The van der Waals surface area contributed by atoms with Crippen molar-refractivity contribution in [2.45, 2.75) is 25.3 Å². The predicted octanol–water partition coefficient (Wildman–Crippen LogP) is 3.56. The summed E-state index contributed by atoms with van der Waals surface area (Å²) in [7, 11) is 0. The van der Waals surface area contributed by atoms with Gasteiger partial charge in [0, 0.05) is 18.5 Å². The summed E-state index contributed by atoms with van der Waals surface area (Å²) < 4.78 is 1.88. The minimum atomic E-state index is -0.0535. The Balaban J connectivity index is 1.37. The number of rotatable bonds is 3. The van der Waals surface area contributed by atoms with Crippen LogP contribution in [0.5, 0.6) is 0 Å². The first-order chi connectivity index (χ1) is 13.3. The Morgan fingerprint density at radius 1 is 1.00 bits per heavy atom. The number of H-pyrrole nitrogens is 1. The maximum Gasteiger partial charge on any atom is 0.259 e. The zero-order valence-corrected chi connectivity index (χ0v) is 15.1. The second-order valence-electron chi connectivity index (χ2n) is 7.37. The van der Waals surface area contributed by atoms with Crippen molar-refractivity contribution in [2.75, 3.05) is 13.1 Å². The standard InChI is InChI=1S/C22H22N4O/c27-22-18-8-4-5-9-20(18)26-21(23-22)14-19(24-26)17-10-12-25(13-11-17)15-16-6-2-1-3-7-16/h1-9,14,17H,10-13,15H2,(H,23,27). The molecule has 5 heteroatoms. The summed E-state index contributed by atoms with van der Waals surface area (Å²) in [5.41, 5.74) is 4.04. The molecule has 2 aromatic heterocycles. The van der Waals surface area contributed by atoms with Gasteiger partial charge >= 0.3 is 0 Å². The van der Waals surface area contributed by atoms with Crippen LogP contribution in [0.15, 0.2) is 65.5 Å². The number of para-hydroxylation sites is 1. The molecule has 5 rings (SSSR count). The van der Waals surface area contributed by atoms with E-state index in [1.807, 2.05) is 34.8 Å². The lowest BCUT2D eigenvalue weighted by molar-refractivity contribution is 0.203. The minimum absolute atomic E-state index is 0.0535. The van der Waals surface area contributed by atoms with E-state index < -0.39 is 0 Å². The summed E-state index contributed by atoms with van der Waals surface area (Å²) in [6, 6.07) is 20.3. The largest absolute Gasteiger partial charge is 0.306 e. The van der Waals surface area contributed by atoms with Crippen LogP contribution in [0.1, 0.15) is 30.0 Å². The van der Waals surface area contributed by atoms with Crippen molar-refractivity contribution >= 4 is 16.6 Å². The van der Waals surface area contributed by atoms with Gasteiger partial charge in [0.05, 0.1) is 16.6 Å². The third-order valence-corrected chi connectivity index (χ3v) is 5.60. The van der Waals surface area contributed by atoms with Crippen LogP contribution >= 0.6 is 0 Å². The molecule has 4 aromatic rings. The van der Waals surface area contributed by atoms with Crippen molar-refractivity contribution in [3.05, 3.63) is 82.3 Å². The summed E-state index contributed by atoms with van der Waals surface area (Å²) in [4.78, 5) is 17.8. The maximum absolute atomic E-state index is 12.3. The molecule has 0 atom stereocenters. The summed E-state index contributed by atoms with van der Waals surface area (Å²) in [5, 5.41) is 5.52. The van der Waals surface area contributed by atoms with E-state index in [4.69, 9.17) is 5.10 Å². The summed E-state index contributed by atoms with van der Waals surface area (Å²) >= 11 is 0. The molecule has 0 amide bonds. The lowest BCUT2D eigenvalue weighted by Crippen LogP contribution is -2.32. The van der Waals surface area contributed by atoms with Gasteiger partial charge in [0.1, 0.15) is 5.65 Å². The third-order valence-electron chi connectivity index (χ3n) is 5.60. The number of hydrogen-bond donors (Lipinski definition) is 1. The van der Waals surface area contributed by atoms with Crippen molar-refractivity contribution in [1.29, 1.82) is 0 Å². The average molecular weight is 358 g/mol. The van der Waals surface area contributed by atoms with Gasteiger partial charge in [0.2, 0.25) is 0 Å². The fourth-order valence-electron chi connectivity index (χ4n) is 4.13. The van der Waals surface area contributed by atoms with Crippen molar-refractivity contribution < 1.29 is 0 Å². The normalized spacial score (nSPS) is 16.3. The number of benzene rings is 2. The fourth-order valence-corrected chi connectivity index (χ4v) is 4.13. The van der Waals surface area contributed by atoms with Crippen LogP contribution < -0.4 is 5.56 Å². The van der Waals surface area contributed by atoms with E-state index in [2.05, 4.69) is 40.2 Å². The number of likely N-dealkylation sites (tertiary alicyclic amines) is 1. The van der Waals surface area contributed by atoms with Gasteiger partial charge in [-0.1, -0.05) is 42.5 Å². The highest BCUT2D eigenvalue weighted by Gasteiger charge is 2.23. The fraction of sp³-hybridized carbons (Fsp3) is 0.273. The number of fused-ring (bicyclic) bond motifs is 3. The van der Waals surface area contributed by atoms with E-state index in [0.717, 1.165) is 49.3 Å². The third kappa shape index (κ3) is 3.04. The highest BCUT2D eigenvalue weighted by molar-refractivity contribution is 5.80. The van der Waals surface area contributed by atoms with E-state index in [0.29, 0.717) is 11.3 Å². The second-order valence-corrected chi connectivity index (χ2v) is 7.37. The van der Waals surface area contributed by atoms with Gasteiger partial charge in [-0.05, 0) is 43.6 Å².